The Hall–Kier alpha value is -2.54. The summed E-state index contributed by atoms with van der Waals surface area (Å²) in [4.78, 5) is 13.1. The Balaban J connectivity index is 1.91. The first kappa shape index (κ1) is 20.2. The van der Waals surface area contributed by atoms with Crippen LogP contribution in [0.5, 0.6) is 0 Å². The van der Waals surface area contributed by atoms with E-state index in [0.717, 1.165) is 0 Å². The quantitative estimate of drug-likeness (QED) is 0.569. The molecule has 0 saturated heterocycles. The van der Waals surface area contributed by atoms with Gasteiger partial charge >= 0.3 is 0 Å². The molecule has 6 heteroatoms. The molecule has 1 aliphatic carbocycles. The number of rotatable bonds is 7. The van der Waals surface area contributed by atoms with Crippen LogP contribution in [0.4, 0.5) is 0 Å². The molecule has 0 bridgehead atoms. The van der Waals surface area contributed by atoms with Gasteiger partial charge in [-0.2, -0.15) is 8.42 Å². The molecule has 0 heterocycles. The molecule has 0 amide bonds. The van der Waals surface area contributed by atoms with Crippen LogP contribution in [0.3, 0.4) is 0 Å². The summed E-state index contributed by atoms with van der Waals surface area (Å²) >= 11 is 0. The Morgan fingerprint density at radius 2 is 1.71 bits per heavy atom. The fourth-order valence-electron chi connectivity index (χ4n) is 2.95. The summed E-state index contributed by atoms with van der Waals surface area (Å²) in [5.41, 5.74) is -1.61. The zero-order valence-electron chi connectivity index (χ0n) is 15.5. The second-order valence-electron chi connectivity index (χ2n) is 6.82. The minimum atomic E-state index is -4.10. The number of aliphatic hydroxyl groups is 1. The Bertz CT molecular complexity index is 994. The minimum absolute atomic E-state index is 0.0353. The maximum atomic E-state index is 13.0. The van der Waals surface area contributed by atoms with Gasteiger partial charge in [0.15, 0.2) is 5.60 Å². The van der Waals surface area contributed by atoms with E-state index in [1.807, 2.05) is 6.92 Å². The molecule has 28 heavy (non-hydrogen) atoms. The van der Waals surface area contributed by atoms with Crippen molar-refractivity contribution in [1.29, 1.82) is 0 Å². The number of allylic oxidation sites excluding steroid dienone is 3. The predicted molar refractivity (Wildman–Crippen MR) is 107 cm³/mol. The molecule has 3 rings (SSSR count). The van der Waals surface area contributed by atoms with Gasteiger partial charge in [0.2, 0.25) is 5.78 Å². The number of ketones is 1. The van der Waals surface area contributed by atoms with Gasteiger partial charge in [-0.3, -0.25) is 8.98 Å². The number of hydrogen-bond donors (Lipinski definition) is 1. The third-order valence-corrected chi connectivity index (χ3v) is 5.96. The highest BCUT2D eigenvalue weighted by Crippen LogP contribution is 2.29. The number of Topliss-reactive ketones (excluding diaryl/α,β-unsaturated/α-hetero) is 1. The highest BCUT2D eigenvalue weighted by atomic mass is 32.2. The maximum Gasteiger partial charge on any atom is 0.296 e. The van der Waals surface area contributed by atoms with Crippen LogP contribution in [0, 0.1) is 5.92 Å². The van der Waals surface area contributed by atoms with E-state index >= 15 is 0 Å². The molecule has 5 nitrogen and oxygen atoms in total. The van der Waals surface area contributed by atoms with Gasteiger partial charge in [0.25, 0.3) is 10.1 Å². The van der Waals surface area contributed by atoms with Gasteiger partial charge in [-0.1, -0.05) is 79.7 Å². The third kappa shape index (κ3) is 4.30. The average Bonchev–Trinajstić information content (AvgIpc) is 2.73. The van der Waals surface area contributed by atoms with Crippen LogP contribution in [0.25, 0.3) is 0 Å². The van der Waals surface area contributed by atoms with E-state index in [0.29, 0.717) is 6.42 Å². The molecule has 0 radical (unpaired) electrons. The van der Waals surface area contributed by atoms with Gasteiger partial charge in [0.1, 0.15) is 6.61 Å². The summed E-state index contributed by atoms with van der Waals surface area (Å²) in [6.07, 6.45) is 5.44. The molecule has 2 aromatic carbocycles. The van der Waals surface area contributed by atoms with Gasteiger partial charge in [-0.05, 0) is 24.0 Å². The molecular formula is C22H22O5S. The van der Waals surface area contributed by atoms with E-state index in [2.05, 4.69) is 0 Å². The molecule has 2 aromatic rings. The van der Waals surface area contributed by atoms with Gasteiger partial charge in [0.05, 0.1) is 4.91 Å². The smallest absolute Gasteiger partial charge is 0.296 e. The van der Waals surface area contributed by atoms with E-state index in [1.54, 1.807) is 72.8 Å². The topological polar surface area (TPSA) is 80.7 Å². The summed E-state index contributed by atoms with van der Waals surface area (Å²) in [7, 11) is -4.10. The summed E-state index contributed by atoms with van der Waals surface area (Å²) in [6, 6.07) is 16.5. The monoisotopic (exact) mass is 398 g/mol. The van der Waals surface area contributed by atoms with Crippen LogP contribution in [0.15, 0.2) is 83.8 Å². The second kappa shape index (κ2) is 8.22. The predicted octanol–water partition coefficient (Wildman–Crippen LogP) is 3.58. The SMILES string of the molecule is CC1C=CC(S(=O)(=O)OCC(O)(C(=O)c2ccccc2)c2ccccc2)=CC1. The summed E-state index contributed by atoms with van der Waals surface area (Å²) < 4.78 is 30.3. The van der Waals surface area contributed by atoms with Gasteiger partial charge in [-0.15, -0.1) is 0 Å². The van der Waals surface area contributed by atoms with E-state index in [4.69, 9.17) is 4.18 Å². The summed E-state index contributed by atoms with van der Waals surface area (Å²) in [6.45, 7) is 1.26. The molecule has 0 aliphatic heterocycles. The molecule has 146 valence electrons. The van der Waals surface area contributed by atoms with Crippen molar-refractivity contribution in [3.8, 4) is 0 Å². The second-order valence-corrected chi connectivity index (χ2v) is 8.43. The van der Waals surface area contributed by atoms with Gasteiger partial charge in [-0.25, -0.2) is 0 Å². The van der Waals surface area contributed by atoms with Crippen molar-refractivity contribution in [2.24, 2.45) is 5.92 Å². The molecule has 1 N–H and O–H groups in total. The normalized spacial score (nSPS) is 18.9. The largest absolute Gasteiger partial charge is 0.375 e. The van der Waals surface area contributed by atoms with Crippen molar-refractivity contribution >= 4 is 15.9 Å². The Morgan fingerprint density at radius 3 is 2.29 bits per heavy atom. The minimum Gasteiger partial charge on any atom is -0.375 e. The van der Waals surface area contributed by atoms with Crippen molar-refractivity contribution in [3.05, 3.63) is 94.9 Å². The molecule has 0 fully saturated rings. The van der Waals surface area contributed by atoms with E-state index in [1.165, 1.54) is 6.08 Å². The average molecular weight is 398 g/mol. The molecular weight excluding hydrogens is 376 g/mol. The van der Waals surface area contributed by atoms with Gasteiger partial charge < -0.3 is 5.11 Å². The standard InChI is InChI=1S/C22H22O5S/c1-17-12-14-20(15-13-17)28(25,26)27-16-22(24,19-10-6-3-7-11-19)21(23)18-8-4-2-5-9-18/h2-12,14-15,17,24H,13,16H2,1H3. The number of carbonyl (C=O) groups is 1. The number of carbonyl (C=O) groups excluding carboxylic acids is 1. The lowest BCUT2D eigenvalue weighted by Gasteiger charge is -2.27. The first-order chi connectivity index (χ1) is 13.3. The highest BCUT2D eigenvalue weighted by molar-refractivity contribution is 7.90. The third-order valence-electron chi connectivity index (χ3n) is 4.65. The van der Waals surface area contributed by atoms with Crippen LogP contribution < -0.4 is 0 Å². The van der Waals surface area contributed by atoms with Crippen molar-refractivity contribution in [1.82, 2.24) is 0 Å². The molecule has 2 unspecified atom stereocenters. The molecule has 0 spiro atoms. The zero-order valence-corrected chi connectivity index (χ0v) is 16.3. The van der Waals surface area contributed by atoms with Crippen molar-refractivity contribution in [3.63, 3.8) is 0 Å². The summed E-state index contributed by atoms with van der Waals surface area (Å²) in [5.74, 6) is -0.379. The Morgan fingerprint density at radius 1 is 1.11 bits per heavy atom. The molecule has 1 aliphatic rings. The molecule has 0 saturated carbocycles. The fraction of sp³-hybridized carbons (Fsp3) is 0.227. The van der Waals surface area contributed by atoms with E-state index < -0.39 is 28.1 Å². The summed E-state index contributed by atoms with van der Waals surface area (Å²) in [5, 5.41) is 11.2. The van der Waals surface area contributed by atoms with Crippen LogP contribution >= 0.6 is 0 Å². The zero-order chi connectivity index (χ0) is 20.2. The highest BCUT2D eigenvalue weighted by Gasteiger charge is 2.40. The maximum absolute atomic E-state index is 13.0. The number of benzene rings is 2. The lowest BCUT2D eigenvalue weighted by molar-refractivity contribution is 0.00439. The fourth-order valence-corrected chi connectivity index (χ4v) is 3.95. The van der Waals surface area contributed by atoms with E-state index in [-0.39, 0.29) is 21.9 Å². The van der Waals surface area contributed by atoms with Crippen LogP contribution in [0.1, 0.15) is 29.3 Å². The van der Waals surface area contributed by atoms with Crippen molar-refractivity contribution in [2.75, 3.05) is 6.61 Å². The molecule has 0 aromatic heterocycles. The molecule has 2 atom stereocenters. The first-order valence-corrected chi connectivity index (χ1v) is 10.4. The van der Waals surface area contributed by atoms with Crippen LogP contribution in [-0.2, 0) is 19.9 Å². The Kier molecular flexibility index (Phi) is 5.93. The van der Waals surface area contributed by atoms with Crippen LogP contribution in [0.2, 0.25) is 0 Å². The van der Waals surface area contributed by atoms with Crippen LogP contribution in [-0.4, -0.2) is 25.9 Å². The van der Waals surface area contributed by atoms with Crippen molar-refractivity contribution in [2.45, 2.75) is 18.9 Å². The Labute approximate surface area is 165 Å². The lowest BCUT2D eigenvalue weighted by Crippen LogP contribution is -2.41. The van der Waals surface area contributed by atoms with Gasteiger partial charge in [0, 0.05) is 5.56 Å². The van der Waals surface area contributed by atoms with Crippen molar-refractivity contribution < 1.29 is 22.5 Å². The van der Waals surface area contributed by atoms with E-state index in [9.17, 15) is 18.3 Å². The lowest BCUT2D eigenvalue weighted by atomic mass is 9.86. The number of hydrogen-bond acceptors (Lipinski definition) is 5. The first-order valence-electron chi connectivity index (χ1n) is 8.98.